The summed E-state index contributed by atoms with van der Waals surface area (Å²) >= 11 is 0. The Labute approximate surface area is 81.6 Å². The molecule has 0 aromatic heterocycles. The highest BCUT2D eigenvalue weighted by Gasteiger charge is 2.39. The Balaban J connectivity index is 2.83. The molecule has 1 atom stereocenters. The predicted octanol–water partition coefficient (Wildman–Crippen LogP) is -1.99. The lowest BCUT2D eigenvalue weighted by Gasteiger charge is -2.14. The molecule has 80 valence electrons. The fourth-order valence-electron chi connectivity index (χ4n) is 1.69. The molecule has 2 amide bonds. The number of sulfone groups is 1. The van der Waals surface area contributed by atoms with E-state index in [-0.39, 0.29) is 17.9 Å². The lowest BCUT2D eigenvalue weighted by Crippen LogP contribution is -2.40. The molecule has 0 bridgehead atoms. The predicted molar refractivity (Wildman–Crippen MR) is 48.6 cm³/mol. The van der Waals surface area contributed by atoms with Gasteiger partial charge in [0.2, 0.25) is 11.8 Å². The highest BCUT2D eigenvalue weighted by atomic mass is 32.2. The first-order valence-corrected chi connectivity index (χ1v) is 5.94. The van der Waals surface area contributed by atoms with Crippen molar-refractivity contribution in [1.82, 2.24) is 0 Å². The molecule has 1 aliphatic heterocycles. The van der Waals surface area contributed by atoms with Crippen LogP contribution in [0.5, 0.6) is 0 Å². The summed E-state index contributed by atoms with van der Waals surface area (Å²) in [5, 5.41) is 0. The van der Waals surface area contributed by atoms with Gasteiger partial charge in [-0.3, -0.25) is 9.59 Å². The van der Waals surface area contributed by atoms with Gasteiger partial charge in [0.15, 0.2) is 9.84 Å². The first-order chi connectivity index (χ1) is 6.33. The summed E-state index contributed by atoms with van der Waals surface area (Å²) in [5.41, 5.74) is 9.94. The largest absolute Gasteiger partial charge is 0.369 e. The Bertz CT molecular complexity index is 348. The van der Waals surface area contributed by atoms with Gasteiger partial charge in [-0.2, -0.15) is 0 Å². The van der Waals surface area contributed by atoms with Crippen LogP contribution in [0.4, 0.5) is 0 Å². The van der Waals surface area contributed by atoms with E-state index in [1.165, 1.54) is 0 Å². The molecule has 1 saturated heterocycles. The topological polar surface area (TPSA) is 120 Å². The number of amides is 2. The molecular formula is C7H12N2O4S. The Morgan fingerprint density at radius 2 is 1.71 bits per heavy atom. The molecule has 0 spiro atoms. The Hall–Kier alpha value is -1.11. The van der Waals surface area contributed by atoms with Crippen molar-refractivity contribution < 1.29 is 18.0 Å². The summed E-state index contributed by atoms with van der Waals surface area (Å²) in [6, 6.07) is 0. The second-order valence-corrected chi connectivity index (χ2v) is 5.67. The van der Waals surface area contributed by atoms with Crippen LogP contribution in [0, 0.1) is 11.8 Å². The molecule has 14 heavy (non-hydrogen) atoms. The zero-order valence-electron chi connectivity index (χ0n) is 7.47. The maximum Gasteiger partial charge on any atom is 0.230 e. The number of rotatable bonds is 3. The number of hydrogen-bond donors (Lipinski definition) is 2. The van der Waals surface area contributed by atoms with Gasteiger partial charge in [-0.25, -0.2) is 8.42 Å². The van der Waals surface area contributed by atoms with Gasteiger partial charge in [-0.05, 0) is 12.3 Å². The molecule has 1 aliphatic rings. The molecule has 7 heteroatoms. The van der Waals surface area contributed by atoms with Crippen LogP contribution < -0.4 is 11.5 Å². The molecule has 1 heterocycles. The molecule has 0 saturated carbocycles. The summed E-state index contributed by atoms with van der Waals surface area (Å²) in [4.78, 5) is 21.7. The van der Waals surface area contributed by atoms with Gasteiger partial charge in [0.1, 0.15) is 5.92 Å². The smallest absolute Gasteiger partial charge is 0.230 e. The molecular weight excluding hydrogens is 208 g/mol. The lowest BCUT2D eigenvalue weighted by atomic mass is 9.91. The number of nitrogens with two attached hydrogens (primary N) is 2. The summed E-state index contributed by atoms with van der Waals surface area (Å²) < 4.78 is 22.2. The highest BCUT2D eigenvalue weighted by molar-refractivity contribution is 7.91. The van der Waals surface area contributed by atoms with E-state index in [1.807, 2.05) is 0 Å². The van der Waals surface area contributed by atoms with Gasteiger partial charge in [0.05, 0.1) is 11.5 Å². The zero-order chi connectivity index (χ0) is 10.9. The van der Waals surface area contributed by atoms with E-state index in [1.54, 1.807) is 0 Å². The molecule has 1 unspecified atom stereocenters. The van der Waals surface area contributed by atoms with E-state index >= 15 is 0 Å². The van der Waals surface area contributed by atoms with Crippen LogP contribution in [0.25, 0.3) is 0 Å². The molecule has 0 aromatic carbocycles. The van der Waals surface area contributed by atoms with Gasteiger partial charge in [-0.1, -0.05) is 0 Å². The maximum absolute atomic E-state index is 11.1. The minimum atomic E-state index is -3.12. The maximum atomic E-state index is 11.1. The van der Waals surface area contributed by atoms with E-state index in [2.05, 4.69) is 0 Å². The van der Waals surface area contributed by atoms with Crippen molar-refractivity contribution >= 4 is 21.7 Å². The molecule has 0 radical (unpaired) electrons. The van der Waals surface area contributed by atoms with Gasteiger partial charge in [0, 0.05) is 0 Å². The minimum absolute atomic E-state index is 0.00523. The van der Waals surface area contributed by atoms with Crippen LogP contribution in [-0.2, 0) is 19.4 Å². The van der Waals surface area contributed by atoms with Crippen molar-refractivity contribution in [2.24, 2.45) is 23.3 Å². The van der Waals surface area contributed by atoms with E-state index < -0.39 is 33.5 Å². The van der Waals surface area contributed by atoms with Crippen LogP contribution in [0.1, 0.15) is 6.42 Å². The zero-order valence-corrected chi connectivity index (χ0v) is 8.29. The van der Waals surface area contributed by atoms with Crippen molar-refractivity contribution in [2.75, 3.05) is 11.5 Å². The Kier molecular flexibility index (Phi) is 2.79. The summed E-state index contributed by atoms with van der Waals surface area (Å²) in [6.45, 7) is 0. The second-order valence-electron chi connectivity index (χ2n) is 3.45. The van der Waals surface area contributed by atoms with Gasteiger partial charge in [-0.15, -0.1) is 0 Å². The average molecular weight is 220 g/mol. The van der Waals surface area contributed by atoms with Crippen LogP contribution in [0.3, 0.4) is 0 Å². The molecule has 6 nitrogen and oxygen atoms in total. The summed E-state index contributed by atoms with van der Waals surface area (Å²) in [6.07, 6.45) is 0.277. The molecule has 1 rings (SSSR count). The first-order valence-electron chi connectivity index (χ1n) is 4.12. The van der Waals surface area contributed by atoms with Crippen LogP contribution in [0.15, 0.2) is 0 Å². The van der Waals surface area contributed by atoms with Crippen molar-refractivity contribution in [1.29, 1.82) is 0 Å². The van der Waals surface area contributed by atoms with E-state index in [4.69, 9.17) is 11.5 Å². The first kappa shape index (κ1) is 11.0. The van der Waals surface area contributed by atoms with Crippen molar-refractivity contribution in [3.05, 3.63) is 0 Å². The third-order valence-corrected chi connectivity index (χ3v) is 4.15. The highest BCUT2D eigenvalue weighted by Crippen LogP contribution is 2.25. The number of carbonyl (C=O) groups is 2. The molecule has 0 aliphatic carbocycles. The quantitative estimate of drug-likeness (QED) is 0.535. The van der Waals surface area contributed by atoms with Gasteiger partial charge < -0.3 is 11.5 Å². The van der Waals surface area contributed by atoms with Gasteiger partial charge in [0.25, 0.3) is 0 Å². The van der Waals surface area contributed by atoms with Crippen molar-refractivity contribution in [3.63, 3.8) is 0 Å². The summed E-state index contributed by atoms with van der Waals surface area (Å²) in [5.74, 6) is -3.58. The lowest BCUT2D eigenvalue weighted by molar-refractivity contribution is -0.133. The van der Waals surface area contributed by atoms with Crippen molar-refractivity contribution in [3.8, 4) is 0 Å². The van der Waals surface area contributed by atoms with Crippen LogP contribution in [0.2, 0.25) is 0 Å². The standard InChI is InChI=1S/C7H12N2O4S/c8-6(10)5(7(9)11)4-1-2-14(12,13)3-4/h4-5H,1-3H2,(H2,8,10)(H2,9,11). The average Bonchev–Trinajstić information content (AvgIpc) is 2.28. The Morgan fingerprint density at radius 3 is 2.00 bits per heavy atom. The molecule has 1 fully saturated rings. The monoisotopic (exact) mass is 220 g/mol. The number of carbonyl (C=O) groups excluding carboxylic acids is 2. The fraction of sp³-hybridized carbons (Fsp3) is 0.714. The third kappa shape index (κ3) is 2.22. The summed E-state index contributed by atoms with van der Waals surface area (Å²) in [7, 11) is -3.12. The van der Waals surface area contributed by atoms with Crippen LogP contribution >= 0.6 is 0 Å². The second kappa shape index (κ2) is 3.56. The van der Waals surface area contributed by atoms with E-state index in [0.717, 1.165) is 0 Å². The molecule has 0 aromatic rings. The Morgan fingerprint density at radius 1 is 1.21 bits per heavy atom. The molecule has 4 N–H and O–H groups in total. The number of hydrogen-bond acceptors (Lipinski definition) is 4. The van der Waals surface area contributed by atoms with Crippen LogP contribution in [-0.4, -0.2) is 31.7 Å². The van der Waals surface area contributed by atoms with E-state index in [9.17, 15) is 18.0 Å². The normalized spacial score (nSPS) is 25.1. The van der Waals surface area contributed by atoms with Crippen molar-refractivity contribution in [2.45, 2.75) is 6.42 Å². The van der Waals surface area contributed by atoms with E-state index in [0.29, 0.717) is 0 Å². The number of primary amides is 2. The fourth-order valence-corrected chi connectivity index (χ4v) is 3.53. The third-order valence-electron chi connectivity index (χ3n) is 2.35. The minimum Gasteiger partial charge on any atom is -0.369 e. The SMILES string of the molecule is NC(=O)C(C(N)=O)C1CCS(=O)(=O)C1. The van der Waals surface area contributed by atoms with Gasteiger partial charge >= 0.3 is 0 Å².